The first-order chi connectivity index (χ1) is 11.1. The summed E-state index contributed by atoms with van der Waals surface area (Å²) in [6.07, 6.45) is -0.170. The highest BCUT2D eigenvalue weighted by Crippen LogP contribution is 2.17. The van der Waals surface area contributed by atoms with Crippen LogP contribution in [0.25, 0.3) is 0 Å². The summed E-state index contributed by atoms with van der Waals surface area (Å²) in [4.78, 5) is 26.3. The molecule has 0 aromatic heterocycles. The van der Waals surface area contributed by atoms with Crippen LogP contribution in [0.2, 0.25) is 0 Å². The highest BCUT2D eigenvalue weighted by atomic mass is 32.2. The van der Waals surface area contributed by atoms with Gasteiger partial charge in [-0.3, -0.25) is 9.59 Å². The van der Waals surface area contributed by atoms with E-state index in [-0.39, 0.29) is 24.5 Å². The number of benzene rings is 1. The van der Waals surface area contributed by atoms with Crippen LogP contribution in [0.5, 0.6) is 0 Å². The van der Waals surface area contributed by atoms with Gasteiger partial charge in [-0.15, -0.1) is 11.8 Å². The number of aliphatic hydroxyl groups excluding tert-OH is 1. The Kier molecular flexibility index (Phi) is 6.88. The van der Waals surface area contributed by atoms with E-state index in [9.17, 15) is 9.59 Å². The normalized spacial score (nSPS) is 17.8. The number of hydrogen-bond donors (Lipinski definition) is 2. The fourth-order valence-electron chi connectivity index (χ4n) is 2.30. The molecule has 1 aliphatic heterocycles. The summed E-state index contributed by atoms with van der Waals surface area (Å²) in [7, 11) is 0. The standard InChI is InChI=1S/C16H22N2O4S/c1-12(20)18-6-8-22-14(11-18)10-17-16(21)13-2-4-15(5-3-13)23-9-7-19/h2-5,14,19H,6-11H2,1H3,(H,17,21)/t14-/m0/s1. The Balaban J connectivity index is 1.81. The minimum absolute atomic E-state index is 0.0283. The first-order valence-corrected chi connectivity index (χ1v) is 8.57. The Morgan fingerprint density at radius 3 is 2.78 bits per heavy atom. The number of carbonyl (C=O) groups excluding carboxylic acids is 2. The van der Waals surface area contributed by atoms with Gasteiger partial charge in [0.25, 0.3) is 5.91 Å². The molecule has 2 rings (SSSR count). The van der Waals surface area contributed by atoms with Gasteiger partial charge < -0.3 is 20.1 Å². The molecule has 7 heteroatoms. The fourth-order valence-corrected chi connectivity index (χ4v) is 2.96. The zero-order valence-corrected chi connectivity index (χ0v) is 14.0. The third kappa shape index (κ3) is 5.53. The molecule has 1 aromatic rings. The van der Waals surface area contributed by atoms with Crippen molar-refractivity contribution in [1.29, 1.82) is 0 Å². The number of aliphatic hydroxyl groups is 1. The molecule has 0 unspecified atom stereocenters. The molecule has 1 saturated heterocycles. The summed E-state index contributed by atoms with van der Waals surface area (Å²) in [5, 5.41) is 11.6. The molecule has 1 fully saturated rings. The van der Waals surface area contributed by atoms with Gasteiger partial charge in [0.1, 0.15) is 0 Å². The van der Waals surface area contributed by atoms with Crippen LogP contribution in [0.15, 0.2) is 29.2 Å². The highest BCUT2D eigenvalue weighted by Gasteiger charge is 2.22. The maximum absolute atomic E-state index is 12.1. The first kappa shape index (κ1) is 17.8. The number of morpholine rings is 1. The molecule has 6 nitrogen and oxygen atoms in total. The minimum Gasteiger partial charge on any atom is -0.396 e. The second kappa shape index (κ2) is 8.90. The van der Waals surface area contributed by atoms with Crippen molar-refractivity contribution in [2.45, 2.75) is 17.9 Å². The largest absolute Gasteiger partial charge is 0.396 e. The SMILES string of the molecule is CC(=O)N1CCO[C@@H](CNC(=O)c2ccc(SCCO)cc2)C1. The van der Waals surface area contributed by atoms with Gasteiger partial charge in [0.15, 0.2) is 0 Å². The van der Waals surface area contributed by atoms with Gasteiger partial charge in [-0.2, -0.15) is 0 Å². The summed E-state index contributed by atoms with van der Waals surface area (Å²) < 4.78 is 5.57. The molecule has 1 aromatic carbocycles. The molecule has 1 heterocycles. The maximum atomic E-state index is 12.1. The lowest BCUT2D eigenvalue weighted by Gasteiger charge is -2.32. The number of rotatable bonds is 6. The lowest BCUT2D eigenvalue weighted by Crippen LogP contribution is -2.49. The average molecular weight is 338 g/mol. The smallest absolute Gasteiger partial charge is 0.251 e. The molecular formula is C16H22N2O4S. The van der Waals surface area contributed by atoms with Crippen molar-refractivity contribution in [1.82, 2.24) is 10.2 Å². The van der Waals surface area contributed by atoms with Crippen molar-refractivity contribution >= 4 is 23.6 Å². The van der Waals surface area contributed by atoms with Crippen LogP contribution in [0.3, 0.4) is 0 Å². The lowest BCUT2D eigenvalue weighted by atomic mass is 10.2. The third-order valence-electron chi connectivity index (χ3n) is 3.55. The zero-order chi connectivity index (χ0) is 16.7. The molecule has 23 heavy (non-hydrogen) atoms. The molecular weight excluding hydrogens is 316 g/mol. The molecule has 0 saturated carbocycles. The van der Waals surface area contributed by atoms with E-state index in [0.29, 0.717) is 37.6 Å². The Hall–Kier alpha value is -1.57. The number of hydrogen-bond acceptors (Lipinski definition) is 5. The van der Waals surface area contributed by atoms with Crippen LogP contribution in [0.1, 0.15) is 17.3 Å². The Labute approximate surface area is 140 Å². The number of nitrogens with zero attached hydrogens (tertiary/aromatic N) is 1. The number of carbonyl (C=O) groups is 2. The van der Waals surface area contributed by atoms with Gasteiger partial charge in [-0.25, -0.2) is 0 Å². The molecule has 126 valence electrons. The zero-order valence-electron chi connectivity index (χ0n) is 13.2. The van der Waals surface area contributed by atoms with Gasteiger partial charge in [0, 0.05) is 42.8 Å². The van der Waals surface area contributed by atoms with Gasteiger partial charge >= 0.3 is 0 Å². The van der Waals surface area contributed by atoms with Crippen molar-refractivity contribution in [2.75, 3.05) is 38.6 Å². The second-order valence-electron chi connectivity index (χ2n) is 5.26. The van der Waals surface area contributed by atoms with Crippen LogP contribution < -0.4 is 5.32 Å². The van der Waals surface area contributed by atoms with E-state index in [4.69, 9.17) is 9.84 Å². The Morgan fingerprint density at radius 1 is 1.39 bits per heavy atom. The summed E-state index contributed by atoms with van der Waals surface area (Å²) in [5.74, 6) is 0.505. The summed E-state index contributed by atoms with van der Waals surface area (Å²) >= 11 is 1.54. The van der Waals surface area contributed by atoms with E-state index >= 15 is 0 Å². The maximum Gasteiger partial charge on any atom is 0.251 e. The molecule has 0 spiro atoms. The van der Waals surface area contributed by atoms with Crippen molar-refractivity contribution in [3.05, 3.63) is 29.8 Å². The van der Waals surface area contributed by atoms with Crippen LogP contribution in [0, 0.1) is 0 Å². The van der Waals surface area contributed by atoms with Crippen molar-refractivity contribution < 1.29 is 19.4 Å². The van der Waals surface area contributed by atoms with Crippen molar-refractivity contribution in [3.8, 4) is 0 Å². The number of ether oxygens (including phenoxy) is 1. The topological polar surface area (TPSA) is 78.9 Å². The van der Waals surface area contributed by atoms with Gasteiger partial charge in [0.05, 0.1) is 19.3 Å². The van der Waals surface area contributed by atoms with E-state index in [0.717, 1.165) is 4.90 Å². The minimum atomic E-state index is -0.170. The molecule has 1 atom stereocenters. The molecule has 2 amide bonds. The Bertz CT molecular complexity index is 535. The quantitative estimate of drug-likeness (QED) is 0.748. The van der Waals surface area contributed by atoms with Crippen LogP contribution >= 0.6 is 11.8 Å². The summed E-state index contributed by atoms with van der Waals surface area (Å²) in [6.45, 7) is 3.66. The second-order valence-corrected chi connectivity index (χ2v) is 6.43. The molecule has 1 aliphatic rings. The van der Waals surface area contributed by atoms with Gasteiger partial charge in [0.2, 0.25) is 5.91 Å². The van der Waals surface area contributed by atoms with Crippen LogP contribution in [-0.2, 0) is 9.53 Å². The lowest BCUT2D eigenvalue weighted by molar-refractivity contribution is -0.136. The van der Waals surface area contributed by atoms with E-state index < -0.39 is 0 Å². The first-order valence-electron chi connectivity index (χ1n) is 7.59. The number of amides is 2. The van der Waals surface area contributed by atoms with Gasteiger partial charge in [-0.05, 0) is 24.3 Å². The molecule has 2 N–H and O–H groups in total. The number of nitrogens with one attached hydrogen (secondary N) is 1. The molecule has 0 bridgehead atoms. The highest BCUT2D eigenvalue weighted by molar-refractivity contribution is 7.99. The summed E-state index contributed by atoms with van der Waals surface area (Å²) in [5.41, 5.74) is 0.581. The summed E-state index contributed by atoms with van der Waals surface area (Å²) in [6, 6.07) is 7.25. The van der Waals surface area contributed by atoms with Crippen molar-refractivity contribution in [2.24, 2.45) is 0 Å². The van der Waals surface area contributed by atoms with E-state index in [1.807, 2.05) is 12.1 Å². The third-order valence-corrected chi connectivity index (χ3v) is 4.54. The predicted molar refractivity (Wildman–Crippen MR) is 88.6 cm³/mol. The fraction of sp³-hybridized carbons (Fsp3) is 0.500. The van der Waals surface area contributed by atoms with Gasteiger partial charge in [-0.1, -0.05) is 0 Å². The molecule has 0 aliphatic carbocycles. The van der Waals surface area contributed by atoms with E-state index in [1.165, 1.54) is 6.92 Å². The number of thioether (sulfide) groups is 1. The predicted octanol–water partition coefficient (Wildman–Crippen LogP) is 0.748. The van der Waals surface area contributed by atoms with Crippen LogP contribution in [0.4, 0.5) is 0 Å². The van der Waals surface area contributed by atoms with Crippen molar-refractivity contribution in [3.63, 3.8) is 0 Å². The van der Waals surface area contributed by atoms with Crippen LogP contribution in [-0.4, -0.2) is 66.5 Å². The Morgan fingerprint density at radius 2 is 2.13 bits per heavy atom. The molecule has 0 radical (unpaired) electrons. The van der Waals surface area contributed by atoms with E-state index in [1.54, 1.807) is 28.8 Å². The average Bonchev–Trinajstić information content (AvgIpc) is 2.58. The monoisotopic (exact) mass is 338 g/mol. The van der Waals surface area contributed by atoms with E-state index in [2.05, 4.69) is 5.32 Å².